The zero-order valence-corrected chi connectivity index (χ0v) is 12.3. The Balaban J connectivity index is 1.60. The summed E-state index contributed by atoms with van der Waals surface area (Å²) in [5, 5.41) is 10.4. The molecule has 0 amide bonds. The molecule has 108 valence electrons. The zero-order chi connectivity index (χ0) is 14.4. The van der Waals surface area contributed by atoms with E-state index in [0.717, 1.165) is 28.4 Å². The molecule has 1 heterocycles. The fourth-order valence-electron chi connectivity index (χ4n) is 3.17. The molecule has 1 saturated carbocycles. The maximum Gasteiger partial charge on any atom is 0.127 e. The summed E-state index contributed by atoms with van der Waals surface area (Å²) in [6.45, 7) is 2.04. The fourth-order valence-corrected chi connectivity index (χ4v) is 3.17. The van der Waals surface area contributed by atoms with Crippen molar-refractivity contribution in [1.82, 2.24) is 0 Å². The fraction of sp³-hybridized carbons (Fsp3) is 0.368. The quantitative estimate of drug-likeness (QED) is 0.881. The minimum atomic E-state index is -0.443. The van der Waals surface area contributed by atoms with E-state index in [4.69, 9.17) is 4.74 Å². The molecule has 0 aromatic heterocycles. The van der Waals surface area contributed by atoms with Gasteiger partial charge in [-0.2, -0.15) is 0 Å². The molecule has 4 rings (SSSR count). The Labute approximate surface area is 125 Å². The lowest BCUT2D eigenvalue weighted by Crippen LogP contribution is -2.19. The molecule has 1 fully saturated rings. The Morgan fingerprint density at radius 1 is 1.00 bits per heavy atom. The SMILES string of the molecule is Cc1ccc2c(c1)[C@@H](O)CC(c1ccc(C3CC3)cc1)O2. The summed E-state index contributed by atoms with van der Waals surface area (Å²) in [7, 11) is 0. The van der Waals surface area contributed by atoms with Crippen molar-refractivity contribution in [2.45, 2.75) is 44.3 Å². The van der Waals surface area contributed by atoms with E-state index in [1.807, 2.05) is 25.1 Å². The van der Waals surface area contributed by atoms with Crippen LogP contribution in [0, 0.1) is 6.92 Å². The second kappa shape index (κ2) is 4.88. The van der Waals surface area contributed by atoms with E-state index in [1.54, 1.807) is 0 Å². The van der Waals surface area contributed by atoms with Crippen molar-refractivity contribution in [2.24, 2.45) is 0 Å². The van der Waals surface area contributed by atoms with Gasteiger partial charge in [-0.3, -0.25) is 0 Å². The summed E-state index contributed by atoms with van der Waals surface area (Å²) < 4.78 is 6.10. The molecule has 2 aliphatic rings. The molecule has 21 heavy (non-hydrogen) atoms. The Kier molecular flexibility index (Phi) is 3.00. The van der Waals surface area contributed by atoms with Gasteiger partial charge in [0.1, 0.15) is 11.9 Å². The summed E-state index contributed by atoms with van der Waals surface area (Å²) in [5.41, 5.74) is 4.67. The molecule has 1 aliphatic carbocycles. The topological polar surface area (TPSA) is 29.5 Å². The lowest BCUT2D eigenvalue weighted by atomic mass is 9.93. The van der Waals surface area contributed by atoms with E-state index in [1.165, 1.54) is 18.4 Å². The molecule has 0 saturated heterocycles. The van der Waals surface area contributed by atoms with Gasteiger partial charge >= 0.3 is 0 Å². The Morgan fingerprint density at radius 2 is 1.71 bits per heavy atom. The van der Waals surface area contributed by atoms with Crippen molar-refractivity contribution in [3.63, 3.8) is 0 Å². The van der Waals surface area contributed by atoms with Gasteiger partial charge < -0.3 is 9.84 Å². The smallest absolute Gasteiger partial charge is 0.127 e. The number of fused-ring (bicyclic) bond motifs is 1. The van der Waals surface area contributed by atoms with Gasteiger partial charge in [0.2, 0.25) is 0 Å². The highest BCUT2D eigenvalue weighted by molar-refractivity contribution is 5.41. The number of benzene rings is 2. The Morgan fingerprint density at radius 3 is 2.43 bits per heavy atom. The largest absolute Gasteiger partial charge is 0.485 e. The van der Waals surface area contributed by atoms with Gasteiger partial charge in [-0.15, -0.1) is 0 Å². The van der Waals surface area contributed by atoms with Crippen LogP contribution in [0.4, 0.5) is 0 Å². The first kappa shape index (κ1) is 12.9. The number of hydrogen-bond donors (Lipinski definition) is 1. The summed E-state index contributed by atoms with van der Waals surface area (Å²) in [6.07, 6.45) is 2.78. The first-order valence-corrected chi connectivity index (χ1v) is 7.76. The van der Waals surface area contributed by atoms with Crippen LogP contribution in [0.25, 0.3) is 0 Å². The minimum absolute atomic E-state index is 0.0524. The lowest BCUT2D eigenvalue weighted by molar-refractivity contribution is 0.0657. The summed E-state index contributed by atoms with van der Waals surface area (Å²) in [6, 6.07) is 14.8. The van der Waals surface area contributed by atoms with E-state index >= 15 is 0 Å². The molecule has 2 heteroatoms. The molecule has 1 unspecified atom stereocenters. The van der Waals surface area contributed by atoms with Gasteiger partial charge in [-0.25, -0.2) is 0 Å². The summed E-state index contributed by atoms with van der Waals surface area (Å²) in [5.74, 6) is 1.59. The zero-order valence-electron chi connectivity index (χ0n) is 12.3. The maximum absolute atomic E-state index is 10.4. The van der Waals surface area contributed by atoms with Crippen molar-refractivity contribution >= 4 is 0 Å². The second-order valence-electron chi connectivity index (χ2n) is 6.34. The minimum Gasteiger partial charge on any atom is -0.485 e. The van der Waals surface area contributed by atoms with Crippen LogP contribution in [0.2, 0.25) is 0 Å². The molecule has 1 N–H and O–H groups in total. The standard InChI is InChI=1S/C19H20O2/c1-12-2-9-18-16(10-12)17(20)11-19(21-18)15-7-5-14(6-8-15)13-3-4-13/h2,5-10,13,17,19-20H,3-4,11H2,1H3/t17-,19?/m0/s1. The molecule has 2 atom stereocenters. The van der Waals surface area contributed by atoms with Gasteiger partial charge in [0, 0.05) is 12.0 Å². The highest BCUT2D eigenvalue weighted by Crippen LogP contribution is 2.43. The third-order valence-corrected chi connectivity index (χ3v) is 4.59. The van der Waals surface area contributed by atoms with Gasteiger partial charge in [-0.1, -0.05) is 35.9 Å². The first-order chi connectivity index (χ1) is 10.2. The Hall–Kier alpha value is -1.80. The third kappa shape index (κ3) is 2.44. The Bertz CT molecular complexity index is 656. The maximum atomic E-state index is 10.4. The van der Waals surface area contributed by atoms with Crippen molar-refractivity contribution in [3.8, 4) is 5.75 Å². The monoisotopic (exact) mass is 280 g/mol. The number of rotatable bonds is 2. The van der Waals surface area contributed by atoms with Gasteiger partial charge in [0.05, 0.1) is 6.10 Å². The van der Waals surface area contributed by atoms with Crippen LogP contribution in [-0.2, 0) is 0 Å². The summed E-state index contributed by atoms with van der Waals surface area (Å²) in [4.78, 5) is 0. The van der Waals surface area contributed by atoms with Crippen LogP contribution in [0.1, 0.15) is 59.6 Å². The average molecular weight is 280 g/mol. The van der Waals surface area contributed by atoms with Crippen molar-refractivity contribution in [3.05, 3.63) is 64.7 Å². The molecule has 0 spiro atoms. The molecular formula is C19H20O2. The predicted molar refractivity (Wildman–Crippen MR) is 82.5 cm³/mol. The van der Waals surface area contributed by atoms with E-state index in [2.05, 4.69) is 24.3 Å². The molecular weight excluding hydrogens is 260 g/mol. The number of aryl methyl sites for hydroxylation is 1. The lowest BCUT2D eigenvalue weighted by Gasteiger charge is -2.30. The van der Waals surface area contributed by atoms with Crippen LogP contribution in [0.5, 0.6) is 5.75 Å². The van der Waals surface area contributed by atoms with Crippen LogP contribution in [0.15, 0.2) is 42.5 Å². The van der Waals surface area contributed by atoms with Gasteiger partial charge in [-0.05, 0) is 48.9 Å². The number of ether oxygens (including phenoxy) is 1. The predicted octanol–water partition coefficient (Wildman–Crippen LogP) is 4.43. The third-order valence-electron chi connectivity index (χ3n) is 4.59. The number of aliphatic hydroxyl groups is 1. The molecule has 1 aliphatic heterocycles. The van der Waals surface area contributed by atoms with Crippen LogP contribution in [0.3, 0.4) is 0 Å². The second-order valence-corrected chi connectivity index (χ2v) is 6.34. The van der Waals surface area contributed by atoms with Crippen LogP contribution >= 0.6 is 0 Å². The van der Waals surface area contributed by atoms with E-state index < -0.39 is 6.10 Å². The van der Waals surface area contributed by atoms with Crippen LogP contribution in [-0.4, -0.2) is 5.11 Å². The van der Waals surface area contributed by atoms with E-state index in [0.29, 0.717) is 6.42 Å². The van der Waals surface area contributed by atoms with Gasteiger partial charge in [0.25, 0.3) is 0 Å². The van der Waals surface area contributed by atoms with Gasteiger partial charge in [0.15, 0.2) is 0 Å². The van der Waals surface area contributed by atoms with Crippen molar-refractivity contribution in [1.29, 1.82) is 0 Å². The van der Waals surface area contributed by atoms with Crippen molar-refractivity contribution in [2.75, 3.05) is 0 Å². The van der Waals surface area contributed by atoms with Crippen LogP contribution < -0.4 is 4.74 Å². The van der Waals surface area contributed by atoms with Crippen molar-refractivity contribution < 1.29 is 9.84 Å². The molecule has 0 radical (unpaired) electrons. The molecule has 0 bridgehead atoms. The van der Waals surface area contributed by atoms with E-state index in [9.17, 15) is 5.11 Å². The molecule has 2 aromatic carbocycles. The van der Waals surface area contributed by atoms with E-state index in [-0.39, 0.29) is 6.10 Å². The highest BCUT2D eigenvalue weighted by atomic mass is 16.5. The normalized spacial score (nSPS) is 24.3. The molecule has 2 aromatic rings. The number of hydrogen-bond acceptors (Lipinski definition) is 2. The average Bonchev–Trinajstić information content (AvgIpc) is 3.33. The summed E-state index contributed by atoms with van der Waals surface area (Å²) >= 11 is 0. The molecule has 2 nitrogen and oxygen atoms in total. The number of aliphatic hydroxyl groups excluding tert-OH is 1. The highest BCUT2D eigenvalue weighted by Gasteiger charge is 2.29. The first-order valence-electron chi connectivity index (χ1n) is 7.76.